The van der Waals surface area contributed by atoms with Gasteiger partial charge in [0.15, 0.2) is 5.96 Å². The number of hydrogen-bond donors (Lipinski definition) is 2. The van der Waals surface area contributed by atoms with Gasteiger partial charge in [0, 0.05) is 50.2 Å². The molecule has 1 unspecified atom stereocenters. The van der Waals surface area contributed by atoms with E-state index in [2.05, 4.69) is 52.5 Å². The molecule has 1 aromatic carbocycles. The number of aryl methyl sites for hydroxylation is 1. The first-order chi connectivity index (χ1) is 12.1. The second-order valence-electron chi connectivity index (χ2n) is 6.85. The van der Waals surface area contributed by atoms with Crippen LogP contribution in [-0.4, -0.2) is 69.1 Å². The fourth-order valence-corrected chi connectivity index (χ4v) is 3.31. The molecule has 3 rings (SSSR count). The smallest absolute Gasteiger partial charge is 0.191 e. The fourth-order valence-electron chi connectivity index (χ4n) is 3.31. The Morgan fingerprint density at radius 1 is 1.24 bits per heavy atom. The summed E-state index contributed by atoms with van der Waals surface area (Å²) in [4.78, 5) is 9.12. The lowest BCUT2D eigenvalue weighted by Crippen LogP contribution is -2.55. The number of nitrogens with zero attached hydrogens (tertiary/aromatic N) is 3. The maximum absolute atomic E-state index is 5.96. The summed E-state index contributed by atoms with van der Waals surface area (Å²) in [5, 5.41) is 7.98. The molecular formula is C19H29N5O. The van der Waals surface area contributed by atoms with Crippen molar-refractivity contribution >= 4 is 16.9 Å². The Morgan fingerprint density at radius 3 is 2.80 bits per heavy atom. The van der Waals surface area contributed by atoms with Gasteiger partial charge in [-0.15, -0.1) is 0 Å². The van der Waals surface area contributed by atoms with Gasteiger partial charge in [0.05, 0.1) is 6.54 Å². The van der Waals surface area contributed by atoms with Crippen LogP contribution < -0.4 is 10.6 Å². The van der Waals surface area contributed by atoms with Gasteiger partial charge in [-0.05, 0) is 27.1 Å². The first kappa shape index (κ1) is 17.8. The van der Waals surface area contributed by atoms with E-state index in [0.717, 1.165) is 43.5 Å². The number of benzene rings is 1. The highest BCUT2D eigenvalue weighted by molar-refractivity contribution is 5.82. The minimum Gasteiger partial charge on any atom is -0.459 e. The van der Waals surface area contributed by atoms with Gasteiger partial charge in [0.1, 0.15) is 11.3 Å². The van der Waals surface area contributed by atoms with Gasteiger partial charge in [-0.2, -0.15) is 0 Å². The summed E-state index contributed by atoms with van der Waals surface area (Å²) in [6, 6.07) is 8.64. The Kier molecular flexibility index (Phi) is 5.60. The van der Waals surface area contributed by atoms with E-state index in [-0.39, 0.29) is 0 Å². The molecule has 1 aliphatic heterocycles. The zero-order valence-corrected chi connectivity index (χ0v) is 15.7. The molecule has 25 heavy (non-hydrogen) atoms. The maximum Gasteiger partial charge on any atom is 0.191 e. The van der Waals surface area contributed by atoms with Crippen molar-refractivity contribution in [3.05, 3.63) is 35.6 Å². The molecule has 136 valence electrons. The van der Waals surface area contributed by atoms with Crippen molar-refractivity contribution in [2.75, 3.05) is 47.3 Å². The van der Waals surface area contributed by atoms with Crippen molar-refractivity contribution in [2.24, 2.45) is 4.99 Å². The molecule has 2 N–H and O–H groups in total. The van der Waals surface area contributed by atoms with Crippen molar-refractivity contribution in [3.8, 4) is 0 Å². The van der Waals surface area contributed by atoms with Gasteiger partial charge in [-0.3, -0.25) is 9.89 Å². The summed E-state index contributed by atoms with van der Waals surface area (Å²) in [5.41, 5.74) is 2.12. The standard InChI is InChI=1S/C19H29N5O/c1-14-16-7-5-6-8-17(16)25-18(14)12-22-19(20-2)21-11-15-13-23(3)9-10-24(15)4/h5-8,15H,9-13H2,1-4H3,(H2,20,21,22). The van der Waals surface area contributed by atoms with Crippen LogP contribution in [0.15, 0.2) is 33.7 Å². The summed E-state index contributed by atoms with van der Waals surface area (Å²) in [5.74, 6) is 1.76. The van der Waals surface area contributed by atoms with Crippen LogP contribution in [-0.2, 0) is 6.54 Å². The number of likely N-dealkylation sites (N-methyl/N-ethyl adjacent to an activating group) is 2. The minimum atomic E-state index is 0.491. The van der Waals surface area contributed by atoms with Gasteiger partial charge in [-0.1, -0.05) is 18.2 Å². The van der Waals surface area contributed by atoms with E-state index in [1.54, 1.807) is 7.05 Å². The van der Waals surface area contributed by atoms with Crippen molar-refractivity contribution < 1.29 is 4.42 Å². The number of aliphatic imine (C=N–C) groups is 1. The molecule has 1 saturated heterocycles. The summed E-state index contributed by atoms with van der Waals surface area (Å²) in [6.45, 7) is 6.91. The maximum atomic E-state index is 5.96. The average molecular weight is 343 g/mol. The first-order valence-electron chi connectivity index (χ1n) is 8.88. The van der Waals surface area contributed by atoms with Crippen LogP contribution in [0.4, 0.5) is 0 Å². The second kappa shape index (κ2) is 7.89. The Hall–Kier alpha value is -2.05. The number of fused-ring (bicyclic) bond motifs is 1. The summed E-state index contributed by atoms with van der Waals surface area (Å²) >= 11 is 0. The number of hydrogen-bond acceptors (Lipinski definition) is 4. The molecule has 0 amide bonds. The lowest BCUT2D eigenvalue weighted by molar-refractivity contribution is 0.116. The lowest BCUT2D eigenvalue weighted by atomic mass is 10.1. The van der Waals surface area contributed by atoms with E-state index < -0.39 is 0 Å². The molecular weight excluding hydrogens is 314 g/mol. The number of rotatable bonds is 4. The van der Waals surface area contributed by atoms with Crippen LogP contribution >= 0.6 is 0 Å². The number of para-hydroxylation sites is 1. The fraction of sp³-hybridized carbons (Fsp3) is 0.526. The third kappa shape index (κ3) is 4.14. The highest BCUT2D eigenvalue weighted by Crippen LogP contribution is 2.24. The topological polar surface area (TPSA) is 56.0 Å². The summed E-state index contributed by atoms with van der Waals surface area (Å²) < 4.78 is 5.96. The van der Waals surface area contributed by atoms with E-state index >= 15 is 0 Å². The molecule has 1 fully saturated rings. The molecule has 1 aromatic heterocycles. The molecule has 0 aliphatic carbocycles. The van der Waals surface area contributed by atoms with E-state index in [4.69, 9.17) is 4.42 Å². The Morgan fingerprint density at radius 2 is 2.04 bits per heavy atom. The number of nitrogens with one attached hydrogen (secondary N) is 2. The van der Waals surface area contributed by atoms with Crippen LogP contribution in [0.1, 0.15) is 11.3 Å². The highest BCUT2D eigenvalue weighted by Gasteiger charge is 2.22. The van der Waals surface area contributed by atoms with Crippen LogP contribution in [0.2, 0.25) is 0 Å². The molecule has 2 heterocycles. The van der Waals surface area contributed by atoms with E-state index in [0.29, 0.717) is 12.6 Å². The van der Waals surface area contributed by atoms with Crippen molar-refractivity contribution in [3.63, 3.8) is 0 Å². The molecule has 0 saturated carbocycles. The second-order valence-corrected chi connectivity index (χ2v) is 6.85. The van der Waals surface area contributed by atoms with Gasteiger partial charge in [0.2, 0.25) is 0 Å². The normalized spacial score (nSPS) is 20.2. The van der Waals surface area contributed by atoms with E-state index in [1.165, 1.54) is 10.9 Å². The minimum absolute atomic E-state index is 0.491. The number of piperazine rings is 1. The highest BCUT2D eigenvalue weighted by atomic mass is 16.3. The van der Waals surface area contributed by atoms with Gasteiger partial charge in [-0.25, -0.2) is 0 Å². The molecule has 1 aliphatic rings. The Labute approximate surface area is 149 Å². The summed E-state index contributed by atoms with van der Waals surface area (Å²) in [7, 11) is 6.17. The number of guanidine groups is 1. The van der Waals surface area contributed by atoms with Gasteiger partial charge < -0.3 is 20.0 Å². The Balaban J connectivity index is 1.56. The predicted octanol–water partition coefficient (Wildman–Crippen LogP) is 1.65. The average Bonchev–Trinajstić information content (AvgIpc) is 2.94. The quantitative estimate of drug-likeness (QED) is 0.653. The van der Waals surface area contributed by atoms with Crippen LogP contribution in [0.25, 0.3) is 11.0 Å². The molecule has 0 spiro atoms. The molecule has 2 aromatic rings. The van der Waals surface area contributed by atoms with Gasteiger partial charge in [0.25, 0.3) is 0 Å². The van der Waals surface area contributed by atoms with E-state index in [1.807, 2.05) is 18.2 Å². The third-order valence-electron chi connectivity index (χ3n) is 5.07. The van der Waals surface area contributed by atoms with Crippen molar-refractivity contribution in [1.29, 1.82) is 0 Å². The molecule has 1 atom stereocenters. The molecule has 0 radical (unpaired) electrons. The molecule has 6 heteroatoms. The first-order valence-corrected chi connectivity index (χ1v) is 8.88. The van der Waals surface area contributed by atoms with Crippen LogP contribution in [0, 0.1) is 6.92 Å². The van der Waals surface area contributed by atoms with Crippen LogP contribution in [0.3, 0.4) is 0 Å². The summed E-state index contributed by atoms with van der Waals surface area (Å²) in [6.07, 6.45) is 0. The molecule has 6 nitrogen and oxygen atoms in total. The third-order valence-corrected chi connectivity index (χ3v) is 5.07. The SMILES string of the molecule is CN=C(NCc1oc2ccccc2c1C)NCC1CN(C)CCN1C. The Bertz CT molecular complexity index is 738. The van der Waals surface area contributed by atoms with Crippen molar-refractivity contribution in [1.82, 2.24) is 20.4 Å². The van der Waals surface area contributed by atoms with Crippen LogP contribution in [0.5, 0.6) is 0 Å². The zero-order chi connectivity index (χ0) is 17.8. The van der Waals surface area contributed by atoms with E-state index in [9.17, 15) is 0 Å². The van der Waals surface area contributed by atoms with Crippen molar-refractivity contribution in [2.45, 2.75) is 19.5 Å². The monoisotopic (exact) mass is 343 g/mol. The number of furan rings is 1. The predicted molar refractivity (Wildman–Crippen MR) is 103 cm³/mol. The van der Waals surface area contributed by atoms with Gasteiger partial charge >= 0.3 is 0 Å². The molecule has 0 bridgehead atoms. The largest absolute Gasteiger partial charge is 0.459 e. The lowest BCUT2D eigenvalue weighted by Gasteiger charge is -2.37. The zero-order valence-electron chi connectivity index (χ0n) is 15.7.